The molecule has 1 N–H and O–H groups in total. The predicted molar refractivity (Wildman–Crippen MR) is 135 cm³/mol. The van der Waals surface area contributed by atoms with Gasteiger partial charge in [-0.1, -0.05) is 11.3 Å². The molecule has 0 unspecified atom stereocenters. The SMILES string of the molecule is COc1ncnc(OC)c1C(=O)Nc1nc2c(s1)C1(Oc3cc(C(F)(F)F)ccc3-2)C2CC3CC(C2)CC1C3. The van der Waals surface area contributed by atoms with Gasteiger partial charge in [-0.15, -0.1) is 0 Å². The number of amides is 1. The van der Waals surface area contributed by atoms with Gasteiger partial charge in [0.25, 0.3) is 5.91 Å². The topological polar surface area (TPSA) is 95.5 Å². The van der Waals surface area contributed by atoms with Crippen molar-refractivity contribution in [2.24, 2.45) is 23.7 Å². The molecule has 1 amide bonds. The van der Waals surface area contributed by atoms with Crippen LogP contribution in [0.15, 0.2) is 24.5 Å². The number of nitrogens with one attached hydrogen (secondary N) is 1. The maximum atomic E-state index is 13.7. The minimum Gasteiger partial charge on any atom is -0.480 e. The Morgan fingerprint density at radius 2 is 1.69 bits per heavy atom. The number of fused-ring (bicyclic) bond motifs is 3. The van der Waals surface area contributed by atoms with Crippen LogP contribution in [0.4, 0.5) is 18.3 Å². The highest BCUT2D eigenvalue weighted by molar-refractivity contribution is 7.16. The molecule has 4 bridgehead atoms. The number of carbonyl (C=O) groups excluding carboxylic acids is 1. The maximum absolute atomic E-state index is 13.7. The molecule has 4 saturated carbocycles. The molecule has 0 atom stereocenters. The van der Waals surface area contributed by atoms with Gasteiger partial charge in [-0.3, -0.25) is 10.1 Å². The van der Waals surface area contributed by atoms with Crippen LogP contribution in [0.2, 0.25) is 0 Å². The van der Waals surface area contributed by atoms with Gasteiger partial charge in [0.15, 0.2) is 16.3 Å². The molecule has 12 heteroatoms. The van der Waals surface area contributed by atoms with Crippen molar-refractivity contribution in [3.8, 4) is 28.8 Å². The first-order valence-electron chi connectivity index (χ1n) is 12.9. The van der Waals surface area contributed by atoms with Gasteiger partial charge in [0, 0.05) is 17.4 Å². The van der Waals surface area contributed by atoms with E-state index in [1.165, 1.54) is 44.4 Å². The summed E-state index contributed by atoms with van der Waals surface area (Å²) in [6.07, 6.45) is 1.89. The summed E-state index contributed by atoms with van der Waals surface area (Å²) < 4.78 is 58.2. The standard InChI is InChI=1S/C27H25F3N4O4S/c1-36-23-19(24(37-2)32-11-31-23)22(35)34-25-33-20-17-4-3-14(27(28,29)30)10-18(17)38-26(21(20)39-25)15-6-12-5-13(8-15)9-16(26)7-12/h3-4,10-13,15-16H,5-9H2,1-2H3,(H,33,34,35). The van der Waals surface area contributed by atoms with E-state index in [4.69, 9.17) is 19.2 Å². The lowest BCUT2D eigenvalue weighted by molar-refractivity contribution is -0.162. The quantitative estimate of drug-likeness (QED) is 0.424. The number of methoxy groups -OCH3 is 2. The highest BCUT2D eigenvalue weighted by atomic mass is 32.1. The lowest BCUT2D eigenvalue weighted by atomic mass is 9.49. The molecule has 1 aliphatic heterocycles. The summed E-state index contributed by atoms with van der Waals surface area (Å²) >= 11 is 1.32. The van der Waals surface area contributed by atoms with Gasteiger partial charge >= 0.3 is 6.18 Å². The highest BCUT2D eigenvalue weighted by Crippen LogP contribution is 2.67. The minimum atomic E-state index is -4.49. The van der Waals surface area contributed by atoms with Crippen LogP contribution in [-0.4, -0.2) is 35.1 Å². The van der Waals surface area contributed by atoms with Gasteiger partial charge < -0.3 is 14.2 Å². The van der Waals surface area contributed by atoms with Crippen LogP contribution in [-0.2, 0) is 11.8 Å². The maximum Gasteiger partial charge on any atom is 0.416 e. The van der Waals surface area contributed by atoms with E-state index in [1.807, 2.05) is 0 Å². The molecular formula is C27H25F3N4O4S. The number of carbonyl (C=O) groups is 1. The van der Waals surface area contributed by atoms with E-state index >= 15 is 0 Å². The molecule has 204 valence electrons. The van der Waals surface area contributed by atoms with Crippen molar-refractivity contribution in [1.29, 1.82) is 0 Å². The molecule has 0 radical (unpaired) electrons. The fraction of sp³-hybridized carbons (Fsp3) is 0.481. The lowest BCUT2D eigenvalue weighted by Gasteiger charge is -2.61. The zero-order valence-electron chi connectivity index (χ0n) is 21.2. The number of thiazole rings is 1. The van der Waals surface area contributed by atoms with Crippen molar-refractivity contribution < 1.29 is 32.2 Å². The van der Waals surface area contributed by atoms with Crippen molar-refractivity contribution in [2.45, 2.75) is 43.9 Å². The fourth-order valence-electron chi connectivity index (χ4n) is 7.47. The lowest BCUT2D eigenvalue weighted by Crippen LogP contribution is -2.59. The van der Waals surface area contributed by atoms with Crippen LogP contribution in [0.3, 0.4) is 0 Å². The average molecular weight is 559 g/mol. The van der Waals surface area contributed by atoms with Crippen LogP contribution in [0.25, 0.3) is 11.3 Å². The van der Waals surface area contributed by atoms with Crippen LogP contribution in [0, 0.1) is 23.7 Å². The smallest absolute Gasteiger partial charge is 0.416 e. The van der Waals surface area contributed by atoms with E-state index < -0.39 is 23.2 Å². The molecule has 4 aliphatic carbocycles. The average Bonchev–Trinajstić information content (AvgIpc) is 3.34. The first kappa shape index (κ1) is 24.6. The Morgan fingerprint density at radius 3 is 2.28 bits per heavy atom. The molecule has 8 rings (SSSR count). The van der Waals surface area contributed by atoms with Gasteiger partial charge in [-0.2, -0.15) is 13.2 Å². The minimum absolute atomic E-state index is 0.0199. The molecule has 0 saturated heterocycles. The van der Waals surface area contributed by atoms with Crippen LogP contribution < -0.4 is 19.5 Å². The number of hydrogen-bond acceptors (Lipinski definition) is 8. The van der Waals surface area contributed by atoms with Crippen molar-refractivity contribution in [2.75, 3.05) is 19.5 Å². The molecule has 5 aliphatic rings. The summed E-state index contributed by atoms with van der Waals surface area (Å²) in [5.41, 5.74) is -0.429. The number of ether oxygens (including phenoxy) is 3. The number of hydrogen-bond donors (Lipinski definition) is 1. The second-order valence-electron chi connectivity index (χ2n) is 10.8. The molecule has 3 aromatic rings. The third-order valence-electron chi connectivity index (χ3n) is 8.79. The van der Waals surface area contributed by atoms with Crippen LogP contribution in [0.5, 0.6) is 17.5 Å². The van der Waals surface area contributed by atoms with Crippen LogP contribution >= 0.6 is 11.3 Å². The molecule has 39 heavy (non-hydrogen) atoms. The number of nitrogens with zero attached hydrogens (tertiary/aromatic N) is 3. The van der Waals surface area contributed by atoms with Gasteiger partial charge in [-0.05, 0) is 62.1 Å². The number of alkyl halides is 3. The van der Waals surface area contributed by atoms with Crippen molar-refractivity contribution in [3.63, 3.8) is 0 Å². The number of benzene rings is 1. The van der Waals surface area contributed by atoms with Gasteiger partial charge in [0.1, 0.15) is 12.1 Å². The molecule has 3 heterocycles. The summed E-state index contributed by atoms with van der Waals surface area (Å²) in [4.78, 5) is 27.0. The van der Waals surface area contributed by atoms with E-state index in [2.05, 4.69) is 15.3 Å². The van der Waals surface area contributed by atoms with Crippen molar-refractivity contribution in [1.82, 2.24) is 15.0 Å². The Bertz CT molecular complexity index is 1440. The number of halogens is 3. The van der Waals surface area contributed by atoms with E-state index in [9.17, 15) is 18.0 Å². The Kier molecular flexibility index (Phi) is 5.39. The summed E-state index contributed by atoms with van der Waals surface area (Å²) in [5, 5.41) is 3.14. The van der Waals surface area contributed by atoms with E-state index in [1.54, 1.807) is 0 Å². The van der Waals surface area contributed by atoms with E-state index in [-0.39, 0.29) is 34.9 Å². The first-order valence-corrected chi connectivity index (χ1v) is 13.7. The third-order valence-corrected chi connectivity index (χ3v) is 9.89. The largest absolute Gasteiger partial charge is 0.480 e. The summed E-state index contributed by atoms with van der Waals surface area (Å²) in [7, 11) is 2.78. The summed E-state index contributed by atoms with van der Waals surface area (Å²) in [5.74, 6) is 1.34. The molecule has 1 aromatic carbocycles. The zero-order chi connectivity index (χ0) is 27.1. The van der Waals surface area contributed by atoms with Crippen molar-refractivity contribution in [3.05, 3.63) is 40.5 Å². The predicted octanol–water partition coefficient (Wildman–Crippen LogP) is 5.93. The van der Waals surface area contributed by atoms with Crippen LogP contribution in [0.1, 0.15) is 52.9 Å². The molecule has 2 aromatic heterocycles. The molecule has 4 fully saturated rings. The molecule has 1 spiro atoms. The monoisotopic (exact) mass is 558 g/mol. The Morgan fingerprint density at radius 1 is 1.05 bits per heavy atom. The number of anilines is 1. The van der Waals surface area contributed by atoms with Gasteiger partial charge in [0.2, 0.25) is 11.8 Å². The summed E-state index contributed by atoms with van der Waals surface area (Å²) in [6, 6.07) is 3.57. The third kappa shape index (κ3) is 3.63. The fourth-order valence-corrected chi connectivity index (χ4v) is 8.73. The number of rotatable bonds is 4. The van der Waals surface area contributed by atoms with E-state index in [0.29, 0.717) is 28.2 Å². The summed E-state index contributed by atoms with van der Waals surface area (Å²) in [6.45, 7) is 0. The second-order valence-corrected chi connectivity index (χ2v) is 11.8. The second kappa shape index (κ2) is 8.54. The zero-order valence-corrected chi connectivity index (χ0v) is 22.0. The van der Waals surface area contributed by atoms with Gasteiger partial charge in [0.05, 0.1) is 30.4 Å². The first-order chi connectivity index (χ1) is 18.7. The van der Waals surface area contributed by atoms with Gasteiger partial charge in [-0.25, -0.2) is 15.0 Å². The number of aromatic nitrogens is 3. The molecular weight excluding hydrogens is 533 g/mol. The Hall–Kier alpha value is -3.41. The van der Waals surface area contributed by atoms with E-state index in [0.717, 1.165) is 42.7 Å². The molecule has 8 nitrogen and oxygen atoms in total. The Labute approximate surface area is 225 Å². The normalized spacial score (nSPS) is 28.0. The Balaban J connectivity index is 1.34. The highest BCUT2D eigenvalue weighted by Gasteiger charge is 2.63. The van der Waals surface area contributed by atoms with Crippen molar-refractivity contribution >= 4 is 22.4 Å².